The van der Waals surface area contributed by atoms with Gasteiger partial charge in [-0.3, -0.25) is 4.79 Å². The van der Waals surface area contributed by atoms with Gasteiger partial charge in [-0.25, -0.2) is 9.59 Å². The maximum Gasteiger partial charge on any atom is 0.326 e. The van der Waals surface area contributed by atoms with Gasteiger partial charge in [0.25, 0.3) is 0 Å². The molecule has 19 heavy (non-hydrogen) atoms. The number of carboxylic acid groups (broad SMARTS) is 2. The molecule has 1 rings (SSSR count). The van der Waals surface area contributed by atoms with Crippen molar-refractivity contribution >= 4 is 18.0 Å². The van der Waals surface area contributed by atoms with Gasteiger partial charge in [0.15, 0.2) is 0 Å². The molecule has 9 heteroatoms. The second-order valence-electron chi connectivity index (χ2n) is 4.06. The van der Waals surface area contributed by atoms with Crippen molar-refractivity contribution in [3.8, 4) is 0 Å². The lowest BCUT2D eigenvalue weighted by molar-refractivity contribution is -0.145. The third-order valence-electron chi connectivity index (χ3n) is 2.60. The van der Waals surface area contributed by atoms with Gasteiger partial charge in [-0.05, 0) is 0 Å². The standard InChI is InChI=1S/C10H16N2O7/c13-5-6-4-12(1-2-19-6)10(18)11-7(9(16)17)3-8(14)15/h6-7,13H,1-5H2,(H,11,18)(H,14,15)(H,16,17)/t6?,7-/m1/s1. The van der Waals surface area contributed by atoms with E-state index < -0.39 is 36.5 Å². The van der Waals surface area contributed by atoms with E-state index in [1.54, 1.807) is 0 Å². The number of rotatable bonds is 5. The predicted octanol–water partition coefficient (Wildman–Crippen LogP) is -1.68. The highest BCUT2D eigenvalue weighted by atomic mass is 16.5. The van der Waals surface area contributed by atoms with Gasteiger partial charge < -0.3 is 30.3 Å². The summed E-state index contributed by atoms with van der Waals surface area (Å²) in [7, 11) is 0. The molecule has 0 radical (unpaired) electrons. The lowest BCUT2D eigenvalue weighted by atomic mass is 10.2. The topological polar surface area (TPSA) is 136 Å². The summed E-state index contributed by atoms with van der Waals surface area (Å²) in [6.45, 7) is 0.361. The minimum absolute atomic E-state index is 0.127. The average molecular weight is 276 g/mol. The van der Waals surface area contributed by atoms with Crippen molar-refractivity contribution in [3.05, 3.63) is 0 Å². The first kappa shape index (κ1) is 15.2. The molecule has 1 saturated heterocycles. The average Bonchev–Trinajstić information content (AvgIpc) is 2.37. The van der Waals surface area contributed by atoms with E-state index >= 15 is 0 Å². The van der Waals surface area contributed by atoms with Crippen LogP contribution in [0.1, 0.15) is 6.42 Å². The minimum Gasteiger partial charge on any atom is -0.481 e. The summed E-state index contributed by atoms with van der Waals surface area (Å²) in [4.78, 5) is 34.4. The number of urea groups is 1. The number of carbonyl (C=O) groups excluding carboxylic acids is 1. The number of hydrogen-bond acceptors (Lipinski definition) is 5. The Hall–Kier alpha value is -1.87. The Morgan fingerprint density at radius 3 is 2.58 bits per heavy atom. The first-order chi connectivity index (χ1) is 8.93. The van der Waals surface area contributed by atoms with E-state index in [1.165, 1.54) is 4.90 Å². The van der Waals surface area contributed by atoms with Crippen LogP contribution < -0.4 is 5.32 Å². The summed E-state index contributed by atoms with van der Waals surface area (Å²) in [6, 6.07) is -2.17. The van der Waals surface area contributed by atoms with E-state index in [0.29, 0.717) is 0 Å². The van der Waals surface area contributed by atoms with Gasteiger partial charge in [0.2, 0.25) is 0 Å². The largest absolute Gasteiger partial charge is 0.481 e. The maximum absolute atomic E-state index is 11.8. The molecule has 4 N–H and O–H groups in total. The molecular weight excluding hydrogens is 260 g/mol. The van der Waals surface area contributed by atoms with Gasteiger partial charge in [-0.2, -0.15) is 0 Å². The number of carboxylic acids is 2. The highest BCUT2D eigenvalue weighted by Crippen LogP contribution is 2.05. The minimum atomic E-state index is -1.49. The van der Waals surface area contributed by atoms with E-state index in [4.69, 9.17) is 20.1 Å². The van der Waals surface area contributed by atoms with Crippen LogP contribution >= 0.6 is 0 Å². The number of carbonyl (C=O) groups is 3. The van der Waals surface area contributed by atoms with E-state index in [2.05, 4.69) is 5.32 Å². The molecule has 0 saturated carbocycles. The maximum atomic E-state index is 11.8. The molecule has 0 aliphatic carbocycles. The molecule has 0 bridgehead atoms. The highest BCUT2D eigenvalue weighted by molar-refractivity contribution is 5.86. The second-order valence-corrected chi connectivity index (χ2v) is 4.06. The molecule has 9 nitrogen and oxygen atoms in total. The Kier molecular flexibility index (Phi) is 5.52. The van der Waals surface area contributed by atoms with Crippen LogP contribution in [0, 0.1) is 0 Å². The number of morpholine rings is 1. The number of aliphatic hydroxyl groups excluding tert-OH is 1. The van der Waals surface area contributed by atoms with Crippen molar-refractivity contribution < 1.29 is 34.4 Å². The van der Waals surface area contributed by atoms with Gasteiger partial charge in [0.05, 0.1) is 32.3 Å². The first-order valence-corrected chi connectivity index (χ1v) is 5.66. The van der Waals surface area contributed by atoms with Gasteiger partial charge in [0, 0.05) is 6.54 Å². The molecule has 0 aromatic carbocycles. The Morgan fingerprint density at radius 2 is 2.05 bits per heavy atom. The van der Waals surface area contributed by atoms with E-state index in [9.17, 15) is 14.4 Å². The smallest absolute Gasteiger partial charge is 0.326 e. The number of nitrogens with one attached hydrogen (secondary N) is 1. The summed E-state index contributed by atoms with van der Waals surface area (Å²) in [5.41, 5.74) is 0. The number of ether oxygens (including phenoxy) is 1. The van der Waals surface area contributed by atoms with E-state index in [-0.39, 0.29) is 26.3 Å². The van der Waals surface area contributed by atoms with Crippen LogP contribution in [-0.2, 0) is 14.3 Å². The van der Waals surface area contributed by atoms with Crippen molar-refractivity contribution in [1.29, 1.82) is 0 Å². The number of hydrogen-bond donors (Lipinski definition) is 4. The molecular formula is C10H16N2O7. The summed E-state index contributed by atoms with van der Waals surface area (Å²) in [5, 5.41) is 28.4. The van der Waals surface area contributed by atoms with E-state index in [0.717, 1.165) is 0 Å². The second kappa shape index (κ2) is 6.90. The zero-order valence-corrected chi connectivity index (χ0v) is 10.1. The Bertz CT molecular complexity index is 360. The Labute approximate surface area is 108 Å². The zero-order chi connectivity index (χ0) is 14.4. The molecule has 1 aliphatic heterocycles. The molecule has 2 atom stereocenters. The Balaban J connectivity index is 2.56. The third kappa shape index (κ3) is 4.72. The van der Waals surface area contributed by atoms with Crippen LogP contribution in [0.4, 0.5) is 4.79 Å². The number of nitrogens with zero attached hydrogens (tertiary/aromatic N) is 1. The molecule has 1 aliphatic rings. The van der Waals surface area contributed by atoms with Crippen molar-refractivity contribution in [3.63, 3.8) is 0 Å². The Morgan fingerprint density at radius 1 is 1.37 bits per heavy atom. The lowest BCUT2D eigenvalue weighted by Crippen LogP contribution is -2.54. The lowest BCUT2D eigenvalue weighted by Gasteiger charge is -2.32. The first-order valence-electron chi connectivity index (χ1n) is 5.66. The van der Waals surface area contributed by atoms with Crippen LogP contribution in [-0.4, -0.2) is 76.6 Å². The quantitative estimate of drug-likeness (QED) is 0.470. The van der Waals surface area contributed by atoms with Crippen LogP contribution in [0.5, 0.6) is 0 Å². The molecule has 1 heterocycles. The molecule has 108 valence electrons. The van der Waals surface area contributed by atoms with E-state index in [1.807, 2.05) is 0 Å². The predicted molar refractivity (Wildman–Crippen MR) is 60.6 cm³/mol. The van der Waals surface area contributed by atoms with Crippen molar-refractivity contribution in [2.24, 2.45) is 0 Å². The summed E-state index contributed by atoms with van der Waals surface area (Å²) in [6.07, 6.45) is -1.21. The molecule has 2 amide bonds. The van der Waals surface area contributed by atoms with Crippen LogP contribution in [0.2, 0.25) is 0 Å². The third-order valence-corrected chi connectivity index (χ3v) is 2.60. The van der Waals surface area contributed by atoms with Gasteiger partial charge in [0.1, 0.15) is 6.04 Å². The highest BCUT2D eigenvalue weighted by Gasteiger charge is 2.28. The fourth-order valence-corrected chi connectivity index (χ4v) is 1.63. The fraction of sp³-hybridized carbons (Fsp3) is 0.700. The van der Waals surface area contributed by atoms with Gasteiger partial charge in [-0.1, -0.05) is 0 Å². The molecule has 0 aromatic rings. The molecule has 1 fully saturated rings. The summed E-state index contributed by atoms with van der Waals surface area (Å²) >= 11 is 0. The monoisotopic (exact) mass is 276 g/mol. The van der Waals surface area contributed by atoms with Crippen molar-refractivity contribution in [2.75, 3.05) is 26.3 Å². The SMILES string of the molecule is O=C(O)C[C@@H](NC(=O)N1CCOC(CO)C1)C(=O)O. The normalized spacial score (nSPS) is 20.7. The van der Waals surface area contributed by atoms with Gasteiger partial charge in [-0.15, -0.1) is 0 Å². The van der Waals surface area contributed by atoms with Crippen LogP contribution in [0.25, 0.3) is 0 Å². The molecule has 0 spiro atoms. The molecule has 0 aromatic heterocycles. The van der Waals surface area contributed by atoms with Crippen molar-refractivity contribution in [2.45, 2.75) is 18.6 Å². The van der Waals surface area contributed by atoms with Crippen molar-refractivity contribution in [1.82, 2.24) is 10.2 Å². The number of aliphatic carboxylic acids is 2. The van der Waals surface area contributed by atoms with Crippen LogP contribution in [0.3, 0.4) is 0 Å². The van der Waals surface area contributed by atoms with Crippen LogP contribution in [0.15, 0.2) is 0 Å². The van der Waals surface area contributed by atoms with Gasteiger partial charge >= 0.3 is 18.0 Å². The number of amides is 2. The fourth-order valence-electron chi connectivity index (χ4n) is 1.63. The number of aliphatic hydroxyl groups is 1. The zero-order valence-electron chi connectivity index (χ0n) is 10.1. The summed E-state index contributed by atoms with van der Waals surface area (Å²) < 4.78 is 5.14. The molecule has 1 unspecified atom stereocenters. The summed E-state index contributed by atoms with van der Waals surface area (Å²) in [5.74, 6) is -2.73.